The number of benzene rings is 1. The Labute approximate surface area is 169 Å². The molecule has 158 valence electrons. The number of sulfonamides is 1. The zero-order chi connectivity index (χ0) is 20.8. The lowest BCUT2D eigenvalue weighted by molar-refractivity contribution is 0.136. The molecule has 1 heterocycles. The Morgan fingerprint density at radius 2 is 1.79 bits per heavy atom. The van der Waals surface area contributed by atoms with Crippen LogP contribution in [0.25, 0.3) is 0 Å². The molecule has 0 spiro atoms. The number of carbonyl (C=O) groups excluding carboxylic acids is 1. The molecule has 0 aliphatic carbocycles. The number of hydrogen-bond acceptors (Lipinski definition) is 4. The van der Waals surface area contributed by atoms with Gasteiger partial charge in [0.25, 0.3) is 0 Å². The lowest BCUT2D eigenvalue weighted by Gasteiger charge is -2.37. The standard InChI is InChI=1S/C20H34N4O3S/c1-16-10-12-24(13-11-16)18(17-8-6-5-7-9-17)14-21-19(25)22-15-20(2,3)23-28(4,26)27/h5-9,16,18,23H,10-15H2,1-4H3,(H2,21,22,25). The average molecular weight is 411 g/mol. The van der Waals surface area contributed by atoms with E-state index in [0.717, 1.165) is 25.3 Å². The molecule has 0 radical (unpaired) electrons. The largest absolute Gasteiger partial charge is 0.336 e. The Hall–Kier alpha value is -1.64. The molecule has 1 aromatic carbocycles. The Morgan fingerprint density at radius 3 is 2.36 bits per heavy atom. The molecular formula is C20H34N4O3S. The van der Waals surface area contributed by atoms with Crippen LogP contribution in [0.1, 0.15) is 45.2 Å². The number of urea groups is 1. The Kier molecular flexibility index (Phi) is 7.86. The molecule has 1 saturated heterocycles. The van der Waals surface area contributed by atoms with Crippen molar-refractivity contribution in [2.75, 3.05) is 32.4 Å². The van der Waals surface area contributed by atoms with Gasteiger partial charge in [0.15, 0.2) is 0 Å². The molecule has 2 rings (SSSR count). The second kappa shape index (κ2) is 9.71. The van der Waals surface area contributed by atoms with Crippen molar-refractivity contribution < 1.29 is 13.2 Å². The van der Waals surface area contributed by atoms with Gasteiger partial charge in [-0.3, -0.25) is 4.90 Å². The second-order valence-electron chi connectivity index (χ2n) is 8.47. The van der Waals surface area contributed by atoms with Crippen molar-refractivity contribution >= 4 is 16.1 Å². The fourth-order valence-corrected chi connectivity index (χ4v) is 4.64. The molecule has 1 atom stereocenters. The summed E-state index contributed by atoms with van der Waals surface area (Å²) < 4.78 is 25.4. The van der Waals surface area contributed by atoms with Crippen molar-refractivity contribution in [3.05, 3.63) is 35.9 Å². The molecule has 1 unspecified atom stereocenters. The zero-order valence-electron chi connectivity index (χ0n) is 17.4. The number of amides is 2. The van der Waals surface area contributed by atoms with Crippen molar-refractivity contribution in [1.82, 2.24) is 20.3 Å². The lowest BCUT2D eigenvalue weighted by atomic mass is 9.95. The first kappa shape index (κ1) is 22.6. The van der Waals surface area contributed by atoms with E-state index in [4.69, 9.17) is 0 Å². The molecule has 0 bridgehead atoms. The molecule has 0 aromatic heterocycles. The monoisotopic (exact) mass is 410 g/mol. The summed E-state index contributed by atoms with van der Waals surface area (Å²) in [5, 5.41) is 5.72. The molecule has 1 aliphatic rings. The zero-order valence-corrected chi connectivity index (χ0v) is 18.2. The fraction of sp³-hybridized carbons (Fsp3) is 0.650. The van der Waals surface area contributed by atoms with Crippen molar-refractivity contribution in [3.63, 3.8) is 0 Å². The van der Waals surface area contributed by atoms with Crippen LogP contribution in [-0.2, 0) is 10.0 Å². The molecule has 0 saturated carbocycles. The average Bonchev–Trinajstić information content (AvgIpc) is 2.61. The van der Waals surface area contributed by atoms with Crippen LogP contribution in [0.15, 0.2) is 30.3 Å². The molecule has 1 aliphatic heterocycles. The Balaban J connectivity index is 1.92. The van der Waals surface area contributed by atoms with Crippen LogP contribution in [0.5, 0.6) is 0 Å². The molecule has 3 N–H and O–H groups in total. The van der Waals surface area contributed by atoms with Crippen molar-refractivity contribution in [2.24, 2.45) is 5.92 Å². The first-order valence-corrected chi connectivity index (χ1v) is 11.7. The third kappa shape index (κ3) is 7.77. The number of carbonyl (C=O) groups is 1. The Bertz CT molecular complexity index is 729. The molecule has 1 aromatic rings. The van der Waals surface area contributed by atoms with Gasteiger partial charge in [-0.15, -0.1) is 0 Å². The van der Waals surface area contributed by atoms with Crippen LogP contribution in [0, 0.1) is 5.92 Å². The van der Waals surface area contributed by atoms with E-state index in [1.807, 2.05) is 18.2 Å². The van der Waals surface area contributed by atoms with Crippen LogP contribution < -0.4 is 15.4 Å². The van der Waals surface area contributed by atoms with Crippen molar-refractivity contribution in [3.8, 4) is 0 Å². The first-order chi connectivity index (χ1) is 13.1. The topological polar surface area (TPSA) is 90.5 Å². The van der Waals surface area contributed by atoms with Gasteiger partial charge >= 0.3 is 6.03 Å². The summed E-state index contributed by atoms with van der Waals surface area (Å²) in [6, 6.07) is 10.1. The summed E-state index contributed by atoms with van der Waals surface area (Å²) in [6.45, 7) is 8.50. The van der Waals surface area contributed by atoms with E-state index >= 15 is 0 Å². The van der Waals surface area contributed by atoms with Gasteiger partial charge in [0.05, 0.1) is 12.3 Å². The van der Waals surface area contributed by atoms with Crippen molar-refractivity contribution in [2.45, 2.75) is 45.2 Å². The van der Waals surface area contributed by atoms with E-state index in [0.29, 0.717) is 6.54 Å². The van der Waals surface area contributed by atoms with Crippen LogP contribution in [0.3, 0.4) is 0 Å². The summed E-state index contributed by atoms with van der Waals surface area (Å²) in [6.07, 6.45) is 3.44. The smallest absolute Gasteiger partial charge is 0.314 e. The molecule has 2 amide bonds. The van der Waals surface area contributed by atoms with E-state index < -0.39 is 15.6 Å². The van der Waals surface area contributed by atoms with Gasteiger partial charge < -0.3 is 10.6 Å². The van der Waals surface area contributed by atoms with E-state index in [9.17, 15) is 13.2 Å². The van der Waals surface area contributed by atoms with Crippen LogP contribution in [-0.4, -0.2) is 57.3 Å². The number of piperidine rings is 1. The van der Waals surface area contributed by atoms with Gasteiger partial charge in [0.2, 0.25) is 10.0 Å². The summed E-state index contributed by atoms with van der Waals surface area (Å²) in [5.74, 6) is 0.744. The summed E-state index contributed by atoms with van der Waals surface area (Å²) in [7, 11) is -3.34. The first-order valence-electron chi connectivity index (χ1n) is 9.85. The summed E-state index contributed by atoms with van der Waals surface area (Å²) in [4.78, 5) is 14.7. The van der Waals surface area contributed by atoms with Crippen LogP contribution >= 0.6 is 0 Å². The van der Waals surface area contributed by atoms with E-state index in [1.165, 1.54) is 18.4 Å². The number of rotatable bonds is 8. The van der Waals surface area contributed by atoms with E-state index in [-0.39, 0.29) is 18.6 Å². The normalized spacial score (nSPS) is 17.9. The highest BCUT2D eigenvalue weighted by molar-refractivity contribution is 7.88. The molecule has 7 nitrogen and oxygen atoms in total. The highest BCUT2D eigenvalue weighted by atomic mass is 32.2. The molecule has 28 heavy (non-hydrogen) atoms. The quantitative estimate of drug-likeness (QED) is 0.612. The molecule has 8 heteroatoms. The summed E-state index contributed by atoms with van der Waals surface area (Å²) in [5.41, 5.74) is 0.434. The predicted octanol–water partition coefficient (Wildman–Crippen LogP) is 2.09. The highest BCUT2D eigenvalue weighted by Crippen LogP contribution is 2.26. The van der Waals surface area contributed by atoms with Crippen LogP contribution in [0.2, 0.25) is 0 Å². The minimum absolute atomic E-state index is 0.126. The maximum atomic E-state index is 12.3. The minimum Gasteiger partial charge on any atom is -0.336 e. The van der Waals surface area contributed by atoms with E-state index in [1.54, 1.807) is 13.8 Å². The van der Waals surface area contributed by atoms with Gasteiger partial charge in [0, 0.05) is 18.6 Å². The second-order valence-corrected chi connectivity index (χ2v) is 10.2. The highest BCUT2D eigenvalue weighted by Gasteiger charge is 2.26. The molecule has 1 fully saturated rings. The minimum atomic E-state index is -3.34. The SMILES string of the molecule is CC1CCN(C(CNC(=O)NCC(C)(C)NS(C)(=O)=O)c2ccccc2)CC1. The van der Waals surface area contributed by atoms with Crippen LogP contribution in [0.4, 0.5) is 4.79 Å². The predicted molar refractivity (Wildman–Crippen MR) is 113 cm³/mol. The lowest BCUT2D eigenvalue weighted by Crippen LogP contribution is -2.53. The van der Waals surface area contributed by atoms with Gasteiger partial charge in [-0.1, -0.05) is 37.3 Å². The number of hydrogen-bond donors (Lipinski definition) is 3. The van der Waals surface area contributed by atoms with E-state index in [2.05, 4.69) is 39.3 Å². The van der Waals surface area contributed by atoms with Gasteiger partial charge in [-0.25, -0.2) is 17.9 Å². The summed E-state index contributed by atoms with van der Waals surface area (Å²) >= 11 is 0. The number of nitrogens with zero attached hydrogens (tertiary/aromatic N) is 1. The maximum absolute atomic E-state index is 12.3. The maximum Gasteiger partial charge on any atom is 0.314 e. The van der Waals surface area contributed by atoms with Gasteiger partial charge in [0.1, 0.15) is 0 Å². The van der Waals surface area contributed by atoms with Crippen molar-refractivity contribution in [1.29, 1.82) is 0 Å². The molecular weight excluding hydrogens is 376 g/mol. The third-order valence-electron chi connectivity index (χ3n) is 5.05. The van der Waals surface area contributed by atoms with Gasteiger partial charge in [-0.2, -0.15) is 0 Å². The number of nitrogens with one attached hydrogen (secondary N) is 3. The fourth-order valence-electron chi connectivity index (χ4n) is 3.56. The third-order valence-corrected chi connectivity index (χ3v) is 5.98. The number of likely N-dealkylation sites (tertiary alicyclic amines) is 1. The Morgan fingerprint density at radius 1 is 1.18 bits per heavy atom. The van der Waals surface area contributed by atoms with Gasteiger partial charge in [-0.05, 0) is 51.3 Å².